The summed E-state index contributed by atoms with van der Waals surface area (Å²) in [5, 5.41) is 2.59. The Balaban J connectivity index is 1.52. The zero-order valence-corrected chi connectivity index (χ0v) is 13.8. The largest absolute Gasteiger partial charge is 0.509 e. The van der Waals surface area contributed by atoms with Crippen LogP contribution in [0.15, 0.2) is 30.3 Å². The molecule has 1 aromatic rings. The van der Waals surface area contributed by atoms with Gasteiger partial charge in [0.05, 0.1) is 7.11 Å². The second-order valence-electron chi connectivity index (χ2n) is 6.00. The molecule has 0 radical (unpaired) electrons. The lowest BCUT2D eigenvalue weighted by Crippen LogP contribution is -2.45. The summed E-state index contributed by atoms with van der Waals surface area (Å²) in [7, 11) is 1.22. The van der Waals surface area contributed by atoms with Crippen LogP contribution in [0.1, 0.15) is 24.8 Å². The molecular weight excluding hydrogens is 328 g/mol. The average Bonchev–Trinajstić information content (AvgIpc) is 3.15. The molecule has 3 atom stereocenters. The lowest BCUT2D eigenvalue weighted by atomic mass is 10.1. The van der Waals surface area contributed by atoms with Gasteiger partial charge in [0.2, 0.25) is 5.91 Å². The van der Waals surface area contributed by atoms with Gasteiger partial charge < -0.3 is 24.4 Å². The quantitative estimate of drug-likeness (QED) is 0.834. The van der Waals surface area contributed by atoms with Gasteiger partial charge in [0.1, 0.15) is 12.6 Å². The molecule has 2 aliphatic heterocycles. The van der Waals surface area contributed by atoms with Crippen molar-refractivity contribution in [2.24, 2.45) is 0 Å². The summed E-state index contributed by atoms with van der Waals surface area (Å²) in [5.74, 6) is -0.270. The number of alkyl carbamates (subject to hydrolysis) is 1. The van der Waals surface area contributed by atoms with Crippen LogP contribution in [0.3, 0.4) is 0 Å². The smallest absolute Gasteiger partial charge is 0.445 e. The number of methoxy groups -OCH3 is 1. The summed E-state index contributed by atoms with van der Waals surface area (Å²) in [6.45, 7) is 0.134. The van der Waals surface area contributed by atoms with Gasteiger partial charge in [0.25, 0.3) is 0 Å². The Morgan fingerprint density at radius 2 is 2.00 bits per heavy atom. The van der Waals surface area contributed by atoms with Gasteiger partial charge in [-0.3, -0.25) is 4.79 Å². The molecule has 2 fully saturated rings. The first-order valence-electron chi connectivity index (χ1n) is 8.12. The van der Waals surface area contributed by atoms with Crippen LogP contribution < -0.4 is 5.32 Å². The minimum atomic E-state index is -0.822. The molecule has 0 bridgehead atoms. The van der Waals surface area contributed by atoms with E-state index in [1.165, 1.54) is 12.0 Å². The number of benzene rings is 1. The van der Waals surface area contributed by atoms with Crippen molar-refractivity contribution in [1.29, 1.82) is 0 Å². The molecule has 2 aliphatic rings. The van der Waals surface area contributed by atoms with Crippen molar-refractivity contribution in [2.75, 3.05) is 7.11 Å². The van der Waals surface area contributed by atoms with Gasteiger partial charge in [-0.05, 0) is 18.4 Å². The number of fused-ring (bicyclic) bond motifs is 1. The van der Waals surface area contributed by atoms with Crippen molar-refractivity contribution in [3.8, 4) is 0 Å². The van der Waals surface area contributed by atoms with Crippen LogP contribution >= 0.6 is 0 Å². The molecule has 0 aliphatic carbocycles. The third kappa shape index (κ3) is 3.84. The van der Waals surface area contributed by atoms with Gasteiger partial charge in [0, 0.05) is 12.5 Å². The number of rotatable bonds is 4. The molecule has 8 nitrogen and oxygen atoms in total. The van der Waals surface area contributed by atoms with Crippen LogP contribution in [0.5, 0.6) is 0 Å². The lowest BCUT2D eigenvalue weighted by Gasteiger charge is -2.23. The highest BCUT2D eigenvalue weighted by Crippen LogP contribution is 2.34. The van der Waals surface area contributed by atoms with Gasteiger partial charge in [-0.25, -0.2) is 9.59 Å². The Bertz CT molecular complexity index is 650. The van der Waals surface area contributed by atoms with E-state index in [2.05, 4.69) is 10.1 Å². The first-order valence-corrected chi connectivity index (χ1v) is 8.12. The Labute approximate surface area is 145 Å². The predicted octanol–water partition coefficient (Wildman–Crippen LogP) is 1.79. The second kappa shape index (κ2) is 7.42. The summed E-state index contributed by atoms with van der Waals surface area (Å²) >= 11 is 0. The second-order valence-corrected chi connectivity index (χ2v) is 6.00. The predicted molar refractivity (Wildman–Crippen MR) is 85.3 cm³/mol. The fraction of sp³-hybridized carbons (Fsp3) is 0.471. The summed E-state index contributed by atoms with van der Waals surface area (Å²) in [6.07, 6.45) is -0.357. The Kier molecular flexibility index (Phi) is 5.06. The van der Waals surface area contributed by atoms with E-state index in [-0.39, 0.29) is 18.6 Å². The van der Waals surface area contributed by atoms with E-state index in [0.29, 0.717) is 19.3 Å². The number of carbonyl (C=O) groups is 3. The molecule has 1 aromatic carbocycles. The lowest BCUT2D eigenvalue weighted by molar-refractivity contribution is -0.138. The van der Waals surface area contributed by atoms with Crippen LogP contribution in [0.4, 0.5) is 9.59 Å². The highest BCUT2D eigenvalue weighted by atomic mass is 16.7. The maximum absolute atomic E-state index is 12.5. The van der Waals surface area contributed by atoms with E-state index < -0.39 is 24.5 Å². The third-order valence-corrected chi connectivity index (χ3v) is 4.41. The maximum atomic E-state index is 12.5. The molecule has 0 spiro atoms. The van der Waals surface area contributed by atoms with Crippen molar-refractivity contribution < 1.29 is 28.6 Å². The van der Waals surface area contributed by atoms with Gasteiger partial charge in [-0.2, -0.15) is 0 Å². The monoisotopic (exact) mass is 348 g/mol. The summed E-state index contributed by atoms with van der Waals surface area (Å²) in [4.78, 5) is 37.2. The summed E-state index contributed by atoms with van der Waals surface area (Å²) in [5.41, 5.74) is 0.863. The molecule has 3 rings (SSSR count). The molecule has 3 unspecified atom stereocenters. The minimum absolute atomic E-state index is 0.0541. The highest BCUT2D eigenvalue weighted by molar-refractivity contribution is 5.88. The number of amides is 2. The SMILES string of the molecule is COC(=O)OC1CCC2CC(NC(=O)OCc3ccccc3)C(=O)N21. The number of carbonyl (C=O) groups excluding carboxylic acids is 3. The third-order valence-electron chi connectivity index (χ3n) is 4.41. The molecule has 2 heterocycles. The fourth-order valence-electron chi connectivity index (χ4n) is 3.26. The minimum Gasteiger partial charge on any atom is -0.445 e. The van der Waals surface area contributed by atoms with E-state index in [4.69, 9.17) is 9.47 Å². The Hall–Kier alpha value is -2.77. The van der Waals surface area contributed by atoms with Gasteiger partial charge in [-0.1, -0.05) is 30.3 Å². The van der Waals surface area contributed by atoms with Crippen LogP contribution in [0.25, 0.3) is 0 Å². The van der Waals surface area contributed by atoms with Crippen LogP contribution in [-0.4, -0.2) is 48.5 Å². The van der Waals surface area contributed by atoms with E-state index in [0.717, 1.165) is 5.56 Å². The molecule has 2 saturated heterocycles. The molecule has 0 aromatic heterocycles. The summed E-state index contributed by atoms with van der Waals surface area (Å²) in [6, 6.07) is 8.55. The zero-order valence-electron chi connectivity index (χ0n) is 13.8. The zero-order chi connectivity index (χ0) is 17.8. The van der Waals surface area contributed by atoms with E-state index >= 15 is 0 Å². The molecular formula is C17H20N2O6. The number of ether oxygens (including phenoxy) is 3. The number of nitrogens with zero attached hydrogens (tertiary/aromatic N) is 1. The topological polar surface area (TPSA) is 94.2 Å². The van der Waals surface area contributed by atoms with Crippen molar-refractivity contribution in [2.45, 2.75) is 44.2 Å². The van der Waals surface area contributed by atoms with E-state index in [9.17, 15) is 14.4 Å². The van der Waals surface area contributed by atoms with E-state index in [1.54, 1.807) is 0 Å². The molecule has 25 heavy (non-hydrogen) atoms. The van der Waals surface area contributed by atoms with Gasteiger partial charge in [-0.15, -0.1) is 0 Å². The number of nitrogens with one attached hydrogen (secondary N) is 1. The number of hydrogen-bond acceptors (Lipinski definition) is 6. The molecule has 2 amide bonds. The van der Waals surface area contributed by atoms with Crippen LogP contribution in [0, 0.1) is 0 Å². The Morgan fingerprint density at radius 1 is 1.24 bits per heavy atom. The molecule has 8 heteroatoms. The molecule has 1 N–H and O–H groups in total. The first-order chi connectivity index (χ1) is 12.1. The maximum Gasteiger partial charge on any atom is 0.509 e. The summed E-state index contributed by atoms with van der Waals surface area (Å²) < 4.78 is 14.7. The van der Waals surface area contributed by atoms with Crippen molar-refractivity contribution in [1.82, 2.24) is 10.2 Å². The average molecular weight is 348 g/mol. The Morgan fingerprint density at radius 3 is 2.72 bits per heavy atom. The van der Waals surface area contributed by atoms with Gasteiger partial charge in [0.15, 0.2) is 6.23 Å². The molecule has 0 saturated carbocycles. The van der Waals surface area contributed by atoms with E-state index in [1.807, 2.05) is 30.3 Å². The van der Waals surface area contributed by atoms with Crippen molar-refractivity contribution in [3.05, 3.63) is 35.9 Å². The van der Waals surface area contributed by atoms with Crippen molar-refractivity contribution in [3.63, 3.8) is 0 Å². The van der Waals surface area contributed by atoms with Gasteiger partial charge >= 0.3 is 12.2 Å². The molecule has 134 valence electrons. The normalized spacial score (nSPS) is 24.6. The van der Waals surface area contributed by atoms with Crippen LogP contribution in [-0.2, 0) is 25.6 Å². The van der Waals surface area contributed by atoms with Crippen LogP contribution in [0.2, 0.25) is 0 Å². The number of hydrogen-bond donors (Lipinski definition) is 1. The first kappa shape index (κ1) is 17.1. The fourth-order valence-corrected chi connectivity index (χ4v) is 3.26. The standard InChI is InChI=1S/C17H20N2O6/c1-23-17(22)25-14-8-7-12-9-13(15(20)19(12)14)18-16(21)24-10-11-5-3-2-4-6-11/h2-6,12-14H,7-10H2,1H3,(H,18,21). The highest BCUT2D eigenvalue weighted by Gasteiger charge is 2.49. The van der Waals surface area contributed by atoms with Crippen molar-refractivity contribution >= 4 is 18.2 Å².